The first-order valence-electron chi connectivity index (χ1n) is 9.11. The Morgan fingerprint density at radius 2 is 1.86 bits per heavy atom. The van der Waals surface area contributed by atoms with Gasteiger partial charge in [0.1, 0.15) is 5.75 Å². The molecule has 0 atom stereocenters. The molecule has 6 heteroatoms. The molecule has 0 bridgehead atoms. The number of ether oxygens (including phenoxy) is 1. The number of aromatic nitrogens is 3. The number of methoxy groups -OCH3 is 1. The van der Waals surface area contributed by atoms with E-state index in [2.05, 4.69) is 23.2 Å². The van der Waals surface area contributed by atoms with Gasteiger partial charge in [0, 0.05) is 18.4 Å². The van der Waals surface area contributed by atoms with Crippen molar-refractivity contribution in [3.8, 4) is 17.1 Å². The molecule has 0 unspecified atom stereocenters. The maximum Gasteiger partial charge on any atom is 0.191 e. The van der Waals surface area contributed by atoms with Crippen LogP contribution in [-0.4, -0.2) is 27.7 Å². The SMILES string of the molecule is COc1ccccc1-c1nnc(SCc2c(C)cc(C)c(C(C)=O)c2C)n1C. The Morgan fingerprint density at radius 1 is 1.14 bits per heavy atom. The van der Waals surface area contributed by atoms with Crippen LogP contribution in [0.2, 0.25) is 0 Å². The van der Waals surface area contributed by atoms with Crippen molar-refractivity contribution in [1.82, 2.24) is 14.8 Å². The lowest BCUT2D eigenvalue weighted by Crippen LogP contribution is -2.05. The van der Waals surface area contributed by atoms with Crippen molar-refractivity contribution in [2.24, 2.45) is 7.05 Å². The lowest BCUT2D eigenvalue weighted by Gasteiger charge is -2.15. The van der Waals surface area contributed by atoms with E-state index < -0.39 is 0 Å². The monoisotopic (exact) mass is 395 g/mol. The average molecular weight is 396 g/mol. The number of carbonyl (C=O) groups is 1. The van der Waals surface area contributed by atoms with E-state index in [1.807, 2.05) is 49.7 Å². The predicted molar refractivity (Wildman–Crippen MR) is 113 cm³/mol. The highest BCUT2D eigenvalue weighted by Gasteiger charge is 2.18. The molecule has 0 radical (unpaired) electrons. The van der Waals surface area contributed by atoms with Gasteiger partial charge in [0.15, 0.2) is 16.8 Å². The standard InChI is InChI=1S/C22H25N3O2S/c1-13-11-14(2)20(16(4)26)15(3)18(13)12-28-22-24-23-21(25(22)5)17-9-7-8-10-19(17)27-6/h7-11H,12H2,1-6H3. The van der Waals surface area contributed by atoms with Gasteiger partial charge in [-0.25, -0.2) is 0 Å². The first kappa shape index (κ1) is 20.1. The number of carbonyl (C=O) groups excluding carboxylic acids is 1. The summed E-state index contributed by atoms with van der Waals surface area (Å²) in [4.78, 5) is 12.1. The molecule has 0 amide bonds. The van der Waals surface area contributed by atoms with E-state index in [0.29, 0.717) is 0 Å². The van der Waals surface area contributed by atoms with Gasteiger partial charge in [-0.3, -0.25) is 4.79 Å². The van der Waals surface area contributed by atoms with E-state index in [0.717, 1.165) is 44.7 Å². The van der Waals surface area contributed by atoms with Gasteiger partial charge in [-0.1, -0.05) is 30.0 Å². The highest BCUT2D eigenvalue weighted by molar-refractivity contribution is 7.98. The zero-order valence-electron chi connectivity index (χ0n) is 17.2. The van der Waals surface area contributed by atoms with Crippen LogP contribution in [0.25, 0.3) is 11.4 Å². The molecule has 0 aliphatic heterocycles. The predicted octanol–water partition coefficient (Wildman–Crippen LogP) is 4.91. The Labute approximate surface area is 170 Å². The van der Waals surface area contributed by atoms with E-state index in [-0.39, 0.29) is 5.78 Å². The van der Waals surface area contributed by atoms with E-state index >= 15 is 0 Å². The van der Waals surface area contributed by atoms with Crippen LogP contribution in [0.3, 0.4) is 0 Å². The largest absolute Gasteiger partial charge is 0.496 e. The van der Waals surface area contributed by atoms with Crippen LogP contribution < -0.4 is 4.74 Å². The van der Waals surface area contributed by atoms with Crippen LogP contribution in [0.5, 0.6) is 5.75 Å². The number of Topliss-reactive ketones (excluding diaryl/α,β-unsaturated/α-hetero) is 1. The van der Waals surface area contributed by atoms with Gasteiger partial charge in [0.2, 0.25) is 0 Å². The summed E-state index contributed by atoms with van der Waals surface area (Å²) in [6.45, 7) is 7.75. The van der Waals surface area contributed by atoms with E-state index in [1.165, 1.54) is 11.1 Å². The molecule has 0 fully saturated rings. The van der Waals surface area contributed by atoms with Crippen LogP contribution in [0, 0.1) is 20.8 Å². The van der Waals surface area contributed by atoms with E-state index in [9.17, 15) is 4.79 Å². The van der Waals surface area contributed by atoms with E-state index in [4.69, 9.17) is 4.74 Å². The molecule has 146 valence electrons. The summed E-state index contributed by atoms with van der Waals surface area (Å²) in [7, 11) is 3.61. The summed E-state index contributed by atoms with van der Waals surface area (Å²) in [5.74, 6) is 2.38. The molecule has 0 N–H and O–H groups in total. The maximum absolute atomic E-state index is 12.1. The number of aryl methyl sites for hydroxylation is 2. The fraction of sp³-hybridized carbons (Fsp3) is 0.318. The molecule has 0 spiro atoms. The minimum absolute atomic E-state index is 0.110. The van der Waals surface area contributed by atoms with Gasteiger partial charge in [0.05, 0.1) is 12.7 Å². The van der Waals surface area contributed by atoms with Crippen molar-refractivity contribution in [2.45, 2.75) is 38.6 Å². The fourth-order valence-electron chi connectivity index (χ4n) is 3.63. The Hall–Kier alpha value is -2.60. The molecule has 28 heavy (non-hydrogen) atoms. The second kappa shape index (κ2) is 8.19. The second-order valence-electron chi connectivity index (χ2n) is 6.90. The normalized spacial score (nSPS) is 10.9. The first-order valence-corrected chi connectivity index (χ1v) is 10.1. The molecule has 3 aromatic rings. The zero-order chi connectivity index (χ0) is 20.4. The van der Waals surface area contributed by atoms with Crippen LogP contribution in [-0.2, 0) is 12.8 Å². The quantitative estimate of drug-likeness (QED) is 0.438. The Balaban J connectivity index is 1.90. The molecule has 0 saturated heterocycles. The molecule has 3 rings (SSSR count). The fourth-order valence-corrected chi connectivity index (χ4v) is 4.73. The van der Waals surface area contributed by atoms with E-state index in [1.54, 1.807) is 25.8 Å². The highest BCUT2D eigenvalue weighted by atomic mass is 32.2. The van der Waals surface area contributed by atoms with Crippen molar-refractivity contribution in [3.05, 3.63) is 58.1 Å². The molecular weight excluding hydrogens is 370 g/mol. The van der Waals surface area contributed by atoms with Crippen LogP contribution in [0.15, 0.2) is 35.5 Å². The third-order valence-electron chi connectivity index (χ3n) is 5.01. The van der Waals surface area contributed by atoms with Gasteiger partial charge in [-0.2, -0.15) is 0 Å². The molecule has 0 aliphatic rings. The molecule has 1 aromatic heterocycles. The third-order valence-corrected chi connectivity index (χ3v) is 6.06. The van der Waals surface area contributed by atoms with Crippen molar-refractivity contribution < 1.29 is 9.53 Å². The smallest absolute Gasteiger partial charge is 0.191 e. The van der Waals surface area contributed by atoms with Gasteiger partial charge >= 0.3 is 0 Å². The number of thioether (sulfide) groups is 1. The molecular formula is C22H25N3O2S. The summed E-state index contributed by atoms with van der Waals surface area (Å²) in [6.07, 6.45) is 0. The number of rotatable bonds is 6. The summed E-state index contributed by atoms with van der Waals surface area (Å²) in [5.41, 5.74) is 6.21. The first-order chi connectivity index (χ1) is 13.3. The molecule has 5 nitrogen and oxygen atoms in total. The number of benzene rings is 2. The number of para-hydroxylation sites is 1. The van der Waals surface area contributed by atoms with Crippen molar-refractivity contribution in [3.63, 3.8) is 0 Å². The minimum Gasteiger partial charge on any atom is -0.496 e. The lowest BCUT2D eigenvalue weighted by molar-refractivity contribution is 0.101. The van der Waals surface area contributed by atoms with Crippen LogP contribution in [0.4, 0.5) is 0 Å². The number of hydrogen-bond acceptors (Lipinski definition) is 5. The van der Waals surface area contributed by atoms with Gasteiger partial charge in [-0.15, -0.1) is 10.2 Å². The number of nitrogens with zero attached hydrogens (tertiary/aromatic N) is 3. The summed E-state index contributed by atoms with van der Waals surface area (Å²) in [6, 6.07) is 9.88. The summed E-state index contributed by atoms with van der Waals surface area (Å²) >= 11 is 1.62. The van der Waals surface area contributed by atoms with Crippen LogP contribution in [0.1, 0.15) is 39.5 Å². The van der Waals surface area contributed by atoms with Crippen molar-refractivity contribution in [1.29, 1.82) is 0 Å². The van der Waals surface area contributed by atoms with Gasteiger partial charge in [0.25, 0.3) is 0 Å². The van der Waals surface area contributed by atoms with Crippen molar-refractivity contribution >= 4 is 17.5 Å². The second-order valence-corrected chi connectivity index (χ2v) is 7.84. The third kappa shape index (κ3) is 3.69. The number of hydrogen-bond donors (Lipinski definition) is 0. The topological polar surface area (TPSA) is 57.0 Å². The Bertz CT molecular complexity index is 1040. The summed E-state index contributed by atoms with van der Waals surface area (Å²) < 4.78 is 7.43. The van der Waals surface area contributed by atoms with Crippen LogP contribution >= 0.6 is 11.8 Å². The minimum atomic E-state index is 0.110. The zero-order valence-corrected chi connectivity index (χ0v) is 18.0. The maximum atomic E-state index is 12.1. The molecule has 0 saturated carbocycles. The molecule has 0 aliphatic carbocycles. The van der Waals surface area contributed by atoms with Crippen molar-refractivity contribution in [2.75, 3.05) is 7.11 Å². The molecule has 1 heterocycles. The highest BCUT2D eigenvalue weighted by Crippen LogP contribution is 2.32. The molecule has 2 aromatic carbocycles. The Morgan fingerprint density at radius 3 is 2.54 bits per heavy atom. The van der Waals surface area contributed by atoms with Gasteiger partial charge < -0.3 is 9.30 Å². The average Bonchev–Trinajstić information content (AvgIpc) is 3.01. The van der Waals surface area contributed by atoms with Gasteiger partial charge in [-0.05, 0) is 62.1 Å². The Kier molecular flexibility index (Phi) is 5.89. The lowest BCUT2D eigenvalue weighted by atomic mass is 9.92. The number of ketones is 1. The summed E-state index contributed by atoms with van der Waals surface area (Å²) in [5, 5.41) is 9.56.